The van der Waals surface area contributed by atoms with Crippen LogP contribution in [0.5, 0.6) is 0 Å². The van der Waals surface area contributed by atoms with Crippen LogP contribution in [0.3, 0.4) is 0 Å². The first kappa shape index (κ1) is 25.7. The molecular weight excluding hydrogens is 498 g/mol. The Morgan fingerprint density at radius 2 is 1.95 bits per heavy atom. The van der Waals surface area contributed by atoms with Gasteiger partial charge in [0.05, 0.1) is 30.5 Å². The van der Waals surface area contributed by atoms with E-state index in [9.17, 15) is 9.59 Å². The summed E-state index contributed by atoms with van der Waals surface area (Å²) in [6, 6.07) is 13.1. The molecule has 1 N–H and O–H groups in total. The first-order valence-electron chi connectivity index (χ1n) is 12.9. The lowest BCUT2D eigenvalue weighted by Crippen LogP contribution is -2.23. The van der Waals surface area contributed by atoms with Crippen LogP contribution in [0.1, 0.15) is 73.6 Å². The molecule has 7 nitrogen and oxygen atoms in total. The van der Waals surface area contributed by atoms with Crippen LogP contribution in [0.15, 0.2) is 58.1 Å². The number of rotatable bonds is 8. The minimum atomic E-state index is -0.324. The first-order chi connectivity index (χ1) is 18.5. The molecule has 0 unspecified atom stereocenters. The number of amides is 1. The number of esters is 1. The highest BCUT2D eigenvalue weighted by atomic mass is 32.1. The highest BCUT2D eigenvalue weighted by Gasteiger charge is 2.25. The second kappa shape index (κ2) is 11.2. The summed E-state index contributed by atoms with van der Waals surface area (Å²) < 4.78 is 12.6. The van der Waals surface area contributed by atoms with Gasteiger partial charge in [0.1, 0.15) is 10.8 Å². The molecule has 0 spiro atoms. The number of aryl methyl sites for hydroxylation is 2. The Morgan fingerprint density at radius 1 is 1.16 bits per heavy atom. The maximum Gasteiger partial charge on any atom is 0.338 e. The lowest BCUT2D eigenvalue weighted by atomic mass is 9.95. The Balaban J connectivity index is 1.42. The smallest absolute Gasteiger partial charge is 0.338 e. The number of carbonyl (C=O) groups is 2. The highest BCUT2D eigenvalue weighted by molar-refractivity contribution is 7.16. The van der Waals surface area contributed by atoms with Crippen molar-refractivity contribution >= 4 is 34.4 Å². The number of fused-ring (bicyclic) bond motifs is 1. The molecule has 3 heterocycles. The topological polar surface area (TPSA) is 85.8 Å². The van der Waals surface area contributed by atoms with Crippen LogP contribution in [-0.2, 0) is 24.1 Å². The van der Waals surface area contributed by atoms with Crippen molar-refractivity contribution in [2.75, 3.05) is 6.61 Å². The molecule has 5 rings (SSSR count). The van der Waals surface area contributed by atoms with Crippen LogP contribution >= 0.6 is 11.3 Å². The zero-order valence-corrected chi connectivity index (χ0v) is 22.7. The van der Waals surface area contributed by atoms with Gasteiger partial charge in [-0.05, 0) is 94.5 Å². The van der Waals surface area contributed by atoms with E-state index in [0.29, 0.717) is 24.3 Å². The van der Waals surface area contributed by atoms with Crippen molar-refractivity contribution in [1.82, 2.24) is 9.88 Å². The number of benzene rings is 1. The summed E-state index contributed by atoms with van der Waals surface area (Å²) in [5.41, 5.74) is 6.37. The van der Waals surface area contributed by atoms with Crippen molar-refractivity contribution in [1.29, 1.82) is 0 Å². The summed E-state index contributed by atoms with van der Waals surface area (Å²) in [6.45, 7) is 6.57. The summed E-state index contributed by atoms with van der Waals surface area (Å²) >= 11 is 1.62. The fourth-order valence-corrected chi connectivity index (χ4v) is 6.18. The number of furan rings is 1. The van der Waals surface area contributed by atoms with Gasteiger partial charge in [-0.2, -0.15) is 0 Å². The summed E-state index contributed by atoms with van der Waals surface area (Å²) in [6.07, 6.45) is 7.58. The fraction of sp³-hybridized carbons (Fsp3) is 0.300. The van der Waals surface area contributed by atoms with Crippen molar-refractivity contribution in [2.45, 2.75) is 53.0 Å². The van der Waals surface area contributed by atoms with Gasteiger partial charge in [0.15, 0.2) is 0 Å². The van der Waals surface area contributed by atoms with Gasteiger partial charge in [-0.3, -0.25) is 4.79 Å². The molecule has 8 heteroatoms. The number of thiophene rings is 1. The van der Waals surface area contributed by atoms with E-state index in [1.807, 2.05) is 44.3 Å². The molecule has 0 fully saturated rings. The van der Waals surface area contributed by atoms with Crippen LogP contribution in [0.2, 0.25) is 0 Å². The Kier molecular flexibility index (Phi) is 7.60. The van der Waals surface area contributed by atoms with Crippen LogP contribution in [0.4, 0.5) is 5.00 Å². The zero-order valence-electron chi connectivity index (χ0n) is 21.9. The van der Waals surface area contributed by atoms with Gasteiger partial charge in [0.2, 0.25) is 0 Å². The average molecular weight is 530 g/mol. The molecule has 0 atom stereocenters. The number of nitrogens with zero attached hydrogens (tertiary/aromatic N) is 2. The van der Waals surface area contributed by atoms with Gasteiger partial charge in [-0.25, -0.2) is 9.79 Å². The molecule has 1 aromatic carbocycles. The number of aliphatic imine (C=N–C) groups is 1. The Labute approximate surface area is 226 Å². The van der Waals surface area contributed by atoms with Crippen molar-refractivity contribution in [3.05, 3.63) is 93.0 Å². The molecule has 4 aromatic rings. The lowest BCUT2D eigenvalue weighted by molar-refractivity contribution is 0.0526. The molecule has 1 amide bonds. The predicted molar refractivity (Wildman–Crippen MR) is 149 cm³/mol. The SMILES string of the molecule is CCOC(=O)c1ccc(-n2c(C)cc(C=Nc3sc4c(c3C(=O)NCc3ccco3)CCCC4)c2C)cc1. The zero-order chi connectivity index (χ0) is 26.6. The van der Waals surface area contributed by atoms with E-state index in [1.165, 1.54) is 4.88 Å². The summed E-state index contributed by atoms with van der Waals surface area (Å²) in [4.78, 5) is 31.4. The van der Waals surface area contributed by atoms with Crippen LogP contribution < -0.4 is 5.32 Å². The second-order valence-electron chi connectivity index (χ2n) is 9.34. The van der Waals surface area contributed by atoms with Crippen molar-refractivity contribution < 1.29 is 18.7 Å². The number of aromatic nitrogens is 1. The normalized spacial score (nSPS) is 13.0. The third-order valence-electron chi connectivity index (χ3n) is 6.81. The number of hydrogen-bond donors (Lipinski definition) is 1. The Morgan fingerprint density at radius 3 is 2.68 bits per heavy atom. The molecule has 0 saturated carbocycles. The molecule has 1 aliphatic rings. The van der Waals surface area contributed by atoms with Crippen molar-refractivity contribution in [2.24, 2.45) is 4.99 Å². The van der Waals surface area contributed by atoms with Gasteiger partial charge in [-0.15, -0.1) is 11.3 Å². The predicted octanol–water partition coefficient (Wildman–Crippen LogP) is 6.48. The van der Waals surface area contributed by atoms with Crippen molar-refractivity contribution in [3.8, 4) is 5.69 Å². The van der Waals surface area contributed by atoms with Gasteiger partial charge >= 0.3 is 5.97 Å². The van der Waals surface area contributed by atoms with E-state index in [4.69, 9.17) is 14.1 Å². The van der Waals surface area contributed by atoms with E-state index >= 15 is 0 Å². The average Bonchev–Trinajstić information content (AvgIpc) is 3.64. The van der Waals surface area contributed by atoms with E-state index in [0.717, 1.165) is 64.6 Å². The maximum absolute atomic E-state index is 13.3. The molecule has 38 heavy (non-hydrogen) atoms. The quantitative estimate of drug-likeness (QED) is 0.209. The summed E-state index contributed by atoms with van der Waals surface area (Å²) in [7, 11) is 0. The number of carbonyl (C=O) groups excluding carboxylic acids is 2. The van der Waals surface area contributed by atoms with E-state index < -0.39 is 0 Å². The standard InChI is InChI=1S/C30H31N3O4S/c1-4-36-30(35)21-11-13-23(14-12-21)33-19(2)16-22(20(33)3)17-32-29-27(25-9-5-6-10-26(25)38-29)28(34)31-18-24-8-7-15-37-24/h7-8,11-17H,4-6,9-10,18H2,1-3H3,(H,31,34). The fourth-order valence-electron chi connectivity index (χ4n) is 4.95. The number of hydrogen-bond acceptors (Lipinski definition) is 6. The number of nitrogens with one attached hydrogen (secondary N) is 1. The third-order valence-corrected chi connectivity index (χ3v) is 8.01. The molecule has 1 aliphatic carbocycles. The van der Waals surface area contributed by atoms with Crippen molar-refractivity contribution in [3.63, 3.8) is 0 Å². The van der Waals surface area contributed by atoms with E-state index in [-0.39, 0.29) is 11.9 Å². The molecule has 196 valence electrons. The van der Waals surface area contributed by atoms with Gasteiger partial charge in [0, 0.05) is 33.7 Å². The molecule has 0 aliphatic heterocycles. The highest BCUT2D eigenvalue weighted by Crippen LogP contribution is 2.40. The van der Waals surface area contributed by atoms with E-state index in [1.54, 1.807) is 36.7 Å². The Hall–Kier alpha value is -3.91. The molecule has 0 saturated heterocycles. The van der Waals surface area contributed by atoms with Crippen LogP contribution in [0, 0.1) is 13.8 Å². The van der Waals surface area contributed by atoms with Crippen LogP contribution in [0.25, 0.3) is 5.69 Å². The first-order valence-corrected chi connectivity index (χ1v) is 13.7. The van der Waals surface area contributed by atoms with Gasteiger partial charge in [-0.1, -0.05) is 0 Å². The maximum atomic E-state index is 13.3. The van der Waals surface area contributed by atoms with Crippen LogP contribution in [-0.4, -0.2) is 29.3 Å². The minimum Gasteiger partial charge on any atom is -0.467 e. The molecule has 0 bridgehead atoms. The minimum absolute atomic E-state index is 0.111. The second-order valence-corrected chi connectivity index (χ2v) is 10.4. The summed E-state index contributed by atoms with van der Waals surface area (Å²) in [5, 5.41) is 3.75. The monoisotopic (exact) mass is 529 g/mol. The number of ether oxygens (including phenoxy) is 1. The largest absolute Gasteiger partial charge is 0.467 e. The summed E-state index contributed by atoms with van der Waals surface area (Å²) in [5.74, 6) is 0.283. The Bertz CT molecular complexity index is 1480. The van der Waals surface area contributed by atoms with Gasteiger partial charge < -0.3 is 19.0 Å². The molecule has 0 radical (unpaired) electrons. The molecule has 3 aromatic heterocycles. The molecular formula is C30H31N3O4S. The third kappa shape index (κ3) is 5.22. The lowest BCUT2D eigenvalue weighted by Gasteiger charge is -2.12. The van der Waals surface area contributed by atoms with E-state index in [2.05, 4.69) is 16.0 Å². The van der Waals surface area contributed by atoms with Gasteiger partial charge in [0.25, 0.3) is 5.91 Å².